The van der Waals surface area contributed by atoms with Crippen molar-refractivity contribution in [1.29, 1.82) is 0 Å². The van der Waals surface area contributed by atoms with Gasteiger partial charge >= 0.3 is 0 Å². The zero-order valence-corrected chi connectivity index (χ0v) is 24.7. The molecule has 0 saturated carbocycles. The monoisotopic (exact) mass is 624 g/mol. The van der Waals surface area contributed by atoms with Gasteiger partial charge in [0.25, 0.3) is 0 Å². The van der Waals surface area contributed by atoms with Gasteiger partial charge in [0.05, 0.1) is 0 Å². The van der Waals surface area contributed by atoms with Crippen LogP contribution in [-0.2, 0) is 0 Å². The molecular formula is C34H27Br2P. The second-order valence-corrected chi connectivity index (χ2v) is 15.6. The molecule has 1 atom stereocenters. The molecule has 0 N–H and O–H groups in total. The van der Waals surface area contributed by atoms with Crippen LogP contribution in [0, 0.1) is 12.8 Å². The lowest BCUT2D eigenvalue weighted by molar-refractivity contribution is 0.953. The first-order chi connectivity index (χ1) is 18.0. The van der Waals surface area contributed by atoms with Crippen molar-refractivity contribution < 1.29 is 0 Å². The van der Waals surface area contributed by atoms with Crippen molar-refractivity contribution in [2.24, 2.45) is 5.92 Å². The highest BCUT2D eigenvalue weighted by molar-refractivity contribution is 9.25. The second-order valence-electron chi connectivity index (χ2n) is 9.66. The van der Waals surface area contributed by atoms with Crippen LogP contribution in [0.1, 0.15) is 11.1 Å². The lowest BCUT2D eigenvalue weighted by atomic mass is 9.77. The van der Waals surface area contributed by atoms with Crippen LogP contribution in [-0.4, -0.2) is 9.40 Å². The maximum absolute atomic E-state index is 3.80. The third kappa shape index (κ3) is 5.00. The fraction of sp³-hybridized carbons (Fsp3) is 0.118. The molecule has 0 unspecified atom stereocenters. The highest BCUT2D eigenvalue weighted by Crippen LogP contribution is 2.49. The Morgan fingerprint density at radius 3 is 2.11 bits per heavy atom. The minimum Gasteiger partial charge on any atom is -0.0760 e. The van der Waals surface area contributed by atoms with Gasteiger partial charge in [-0.15, -0.1) is 0 Å². The third-order valence-corrected chi connectivity index (χ3v) is 10.8. The van der Waals surface area contributed by atoms with Crippen molar-refractivity contribution in [1.82, 2.24) is 0 Å². The normalized spacial score (nSPS) is 18.3. The quantitative estimate of drug-likeness (QED) is 0.153. The number of alkyl halides is 2. The molecule has 0 radical (unpaired) electrons. The predicted octanol–water partition coefficient (Wildman–Crippen LogP) is 9.20. The average Bonchev–Trinajstić information content (AvgIpc) is 2.92. The van der Waals surface area contributed by atoms with Gasteiger partial charge in [0, 0.05) is 5.92 Å². The molecule has 0 saturated heterocycles. The van der Waals surface area contributed by atoms with Crippen LogP contribution in [0.25, 0.3) is 16.3 Å². The summed E-state index contributed by atoms with van der Waals surface area (Å²) in [5.41, 5.74) is 6.74. The van der Waals surface area contributed by atoms with Crippen molar-refractivity contribution in [2.75, 3.05) is 6.16 Å². The van der Waals surface area contributed by atoms with Gasteiger partial charge in [-0.1, -0.05) is 153 Å². The lowest BCUT2D eigenvalue weighted by Gasteiger charge is -2.33. The fourth-order valence-electron chi connectivity index (χ4n) is 5.51. The zero-order chi connectivity index (χ0) is 25.4. The molecule has 0 aliphatic heterocycles. The number of aryl methyl sites for hydroxylation is 1. The Morgan fingerprint density at radius 1 is 0.757 bits per heavy atom. The largest absolute Gasteiger partial charge is 0.118 e. The summed E-state index contributed by atoms with van der Waals surface area (Å²) in [6.07, 6.45) is 12.6. The van der Waals surface area contributed by atoms with Crippen molar-refractivity contribution in [3.63, 3.8) is 0 Å². The Hall–Kier alpha value is -2.51. The van der Waals surface area contributed by atoms with Gasteiger partial charge in [-0.2, -0.15) is 0 Å². The molecule has 4 aromatic carbocycles. The summed E-state index contributed by atoms with van der Waals surface area (Å²) in [6, 6.07) is 35.5. The van der Waals surface area contributed by atoms with Crippen LogP contribution < -0.4 is 10.6 Å². The smallest absolute Gasteiger partial charge is 0.0760 e. The Morgan fingerprint density at radius 2 is 1.41 bits per heavy atom. The second kappa shape index (κ2) is 10.3. The maximum atomic E-state index is 3.80. The molecule has 6 rings (SSSR count). The Kier molecular flexibility index (Phi) is 6.93. The Balaban J connectivity index is 1.55. The van der Waals surface area contributed by atoms with Crippen LogP contribution in [0.4, 0.5) is 0 Å². The standard InChI is InChI=1S/C34H27Br2P/c1-24-16-17-25-10-8-9-15-30(25)32(24)33-27(19-18-26-22-34(35,36)21-20-31(26)33)23-37(28-11-4-2-5-12-28)29-13-6-3-7-14-29/h2-22,27H,23H2,1H3/t27-/m0/s1. The minimum atomic E-state index is -0.535. The summed E-state index contributed by atoms with van der Waals surface area (Å²) in [5, 5.41) is 5.47. The Bertz CT molecular complexity index is 1540. The van der Waals surface area contributed by atoms with E-state index in [0.717, 1.165) is 6.16 Å². The highest BCUT2D eigenvalue weighted by atomic mass is 79.9. The number of hydrogen-bond donors (Lipinski definition) is 0. The van der Waals surface area contributed by atoms with E-state index in [2.05, 4.69) is 166 Å². The third-order valence-electron chi connectivity index (χ3n) is 7.22. The molecule has 2 aliphatic rings. The maximum Gasteiger partial charge on any atom is 0.118 e. The SMILES string of the molecule is Cc1ccc2ccccc2c1C1=C2C=CC(Br)(Br)C=C2C=C[C@H]1CP(c1ccccc1)c1ccccc1. The molecule has 0 aromatic heterocycles. The van der Waals surface area contributed by atoms with Crippen LogP contribution >= 0.6 is 39.8 Å². The first-order valence-electron chi connectivity index (χ1n) is 12.6. The number of benzene rings is 4. The Labute approximate surface area is 237 Å². The predicted molar refractivity (Wildman–Crippen MR) is 170 cm³/mol. The molecule has 0 heterocycles. The van der Waals surface area contributed by atoms with Gasteiger partial charge in [0.15, 0.2) is 0 Å². The van der Waals surface area contributed by atoms with E-state index in [4.69, 9.17) is 0 Å². The average molecular weight is 626 g/mol. The summed E-state index contributed by atoms with van der Waals surface area (Å²) in [6.45, 7) is 2.26. The first-order valence-corrected chi connectivity index (χ1v) is 15.7. The van der Waals surface area contributed by atoms with Crippen LogP contribution in [0.2, 0.25) is 0 Å². The summed E-state index contributed by atoms with van der Waals surface area (Å²) < 4.78 is -0.310. The molecule has 0 spiro atoms. The van der Waals surface area contributed by atoms with E-state index in [-0.39, 0.29) is 3.23 Å². The van der Waals surface area contributed by atoms with E-state index in [1.54, 1.807) is 0 Å². The first kappa shape index (κ1) is 24.8. The number of rotatable bonds is 5. The number of fused-ring (bicyclic) bond motifs is 2. The van der Waals surface area contributed by atoms with Crippen molar-refractivity contribution in [3.8, 4) is 0 Å². The summed E-state index contributed by atoms with van der Waals surface area (Å²) in [4.78, 5) is 0. The van der Waals surface area contributed by atoms with Crippen molar-refractivity contribution >= 4 is 66.7 Å². The van der Waals surface area contributed by atoms with E-state index >= 15 is 0 Å². The van der Waals surface area contributed by atoms with Crippen molar-refractivity contribution in [3.05, 3.63) is 150 Å². The topological polar surface area (TPSA) is 0 Å². The molecule has 182 valence electrons. The molecule has 0 fully saturated rings. The van der Waals surface area contributed by atoms with Gasteiger partial charge in [0.1, 0.15) is 3.23 Å². The molecule has 0 amide bonds. The molecule has 3 heteroatoms. The molecule has 0 nitrogen and oxygen atoms in total. The van der Waals surface area contributed by atoms with E-state index in [9.17, 15) is 0 Å². The summed E-state index contributed by atoms with van der Waals surface area (Å²) >= 11 is 7.60. The summed E-state index contributed by atoms with van der Waals surface area (Å²) in [5.74, 6) is 0.297. The molecular weight excluding hydrogens is 599 g/mol. The van der Waals surface area contributed by atoms with Gasteiger partial charge in [0.2, 0.25) is 0 Å². The minimum absolute atomic E-state index is 0.297. The van der Waals surface area contributed by atoms with Crippen LogP contribution in [0.15, 0.2) is 139 Å². The van der Waals surface area contributed by atoms with Crippen LogP contribution in [0.5, 0.6) is 0 Å². The number of halogens is 2. The van der Waals surface area contributed by atoms with E-state index in [1.807, 2.05) is 0 Å². The van der Waals surface area contributed by atoms with E-state index in [1.165, 1.54) is 49.2 Å². The van der Waals surface area contributed by atoms with Crippen LogP contribution in [0.3, 0.4) is 0 Å². The number of allylic oxidation sites excluding steroid dienone is 8. The summed E-state index contributed by atoms with van der Waals surface area (Å²) in [7, 11) is -0.535. The van der Waals surface area contributed by atoms with E-state index in [0.29, 0.717) is 5.92 Å². The molecule has 0 bridgehead atoms. The highest BCUT2D eigenvalue weighted by Gasteiger charge is 2.31. The molecule has 37 heavy (non-hydrogen) atoms. The molecule has 2 aliphatic carbocycles. The fourth-order valence-corrected chi connectivity index (χ4v) is 8.74. The van der Waals surface area contributed by atoms with E-state index < -0.39 is 7.92 Å². The van der Waals surface area contributed by atoms with Gasteiger partial charge < -0.3 is 0 Å². The number of hydrogen-bond acceptors (Lipinski definition) is 0. The van der Waals surface area contributed by atoms with Gasteiger partial charge in [-0.25, -0.2) is 0 Å². The molecule has 4 aromatic rings. The zero-order valence-electron chi connectivity index (χ0n) is 20.6. The van der Waals surface area contributed by atoms with Gasteiger partial charge in [-0.3, -0.25) is 0 Å². The van der Waals surface area contributed by atoms with Crippen molar-refractivity contribution in [2.45, 2.75) is 10.2 Å². The van der Waals surface area contributed by atoms with Gasteiger partial charge in [-0.05, 0) is 76.3 Å². The lowest BCUT2D eigenvalue weighted by Crippen LogP contribution is -2.22.